The van der Waals surface area contributed by atoms with Gasteiger partial charge in [0.25, 0.3) is 0 Å². The summed E-state index contributed by atoms with van der Waals surface area (Å²) in [6.45, 7) is 5.82. The molecular weight excluding hydrogens is 354 g/mol. The Balaban J connectivity index is 2.03. The van der Waals surface area contributed by atoms with Gasteiger partial charge in [0.2, 0.25) is 11.1 Å². The van der Waals surface area contributed by atoms with E-state index in [1.807, 2.05) is 45.0 Å². The largest absolute Gasteiger partial charge is 0.467 e. The first-order valence-electron chi connectivity index (χ1n) is 8.32. The Morgan fingerprint density at radius 1 is 1.35 bits per heavy atom. The summed E-state index contributed by atoms with van der Waals surface area (Å²) in [4.78, 5) is 24.2. The first-order chi connectivity index (χ1) is 12.5. The Hall–Kier alpha value is -2.42. The number of aryl methyl sites for hydroxylation is 1. The number of thioether (sulfide) groups is 1. The predicted octanol–water partition coefficient (Wildman–Crippen LogP) is 1.77. The highest BCUT2D eigenvalue weighted by Crippen LogP contribution is 2.20. The molecule has 0 fully saturated rings. The van der Waals surface area contributed by atoms with Gasteiger partial charge in [-0.1, -0.05) is 50.2 Å². The van der Waals surface area contributed by atoms with E-state index in [0.717, 1.165) is 17.7 Å². The standard InChI is InChI=1S/C17H23N5O3S/c1-5-11(2)15(16(24)25-4)18-14(23)10-26-17-19-20-21-22(17)13-9-7-6-8-12(13)3/h6-9,11,15H,5,10H2,1-4H3,(H,18,23). The Labute approximate surface area is 156 Å². The molecule has 1 N–H and O–H groups in total. The minimum Gasteiger partial charge on any atom is -0.467 e. The second kappa shape index (κ2) is 9.33. The average molecular weight is 377 g/mol. The van der Waals surface area contributed by atoms with Crippen molar-refractivity contribution in [3.05, 3.63) is 29.8 Å². The van der Waals surface area contributed by atoms with Gasteiger partial charge in [0, 0.05) is 0 Å². The molecule has 0 aliphatic carbocycles. The summed E-state index contributed by atoms with van der Waals surface area (Å²) >= 11 is 1.21. The van der Waals surface area contributed by atoms with E-state index < -0.39 is 12.0 Å². The summed E-state index contributed by atoms with van der Waals surface area (Å²) < 4.78 is 6.38. The Bertz CT molecular complexity index is 764. The summed E-state index contributed by atoms with van der Waals surface area (Å²) in [5, 5.41) is 14.9. The number of esters is 1. The monoisotopic (exact) mass is 377 g/mol. The summed E-state index contributed by atoms with van der Waals surface area (Å²) in [5.41, 5.74) is 1.88. The molecule has 2 aromatic rings. The van der Waals surface area contributed by atoms with Gasteiger partial charge in [-0.15, -0.1) is 5.10 Å². The van der Waals surface area contributed by atoms with Crippen molar-refractivity contribution in [2.45, 2.75) is 38.4 Å². The van der Waals surface area contributed by atoms with Gasteiger partial charge in [0.1, 0.15) is 6.04 Å². The van der Waals surface area contributed by atoms with Gasteiger partial charge in [0.05, 0.1) is 18.6 Å². The van der Waals surface area contributed by atoms with Crippen molar-refractivity contribution in [1.29, 1.82) is 0 Å². The fourth-order valence-corrected chi connectivity index (χ4v) is 3.06. The Morgan fingerprint density at radius 2 is 2.08 bits per heavy atom. The summed E-state index contributed by atoms with van der Waals surface area (Å²) in [6, 6.07) is 7.05. The van der Waals surface area contributed by atoms with Crippen molar-refractivity contribution in [2.24, 2.45) is 5.92 Å². The number of tetrazole rings is 1. The van der Waals surface area contributed by atoms with Crippen LogP contribution in [-0.2, 0) is 14.3 Å². The fraction of sp³-hybridized carbons (Fsp3) is 0.471. The maximum Gasteiger partial charge on any atom is 0.328 e. The van der Waals surface area contributed by atoms with E-state index in [-0.39, 0.29) is 17.6 Å². The number of nitrogens with zero attached hydrogens (tertiary/aromatic N) is 4. The molecule has 2 unspecified atom stereocenters. The number of hydrogen-bond donors (Lipinski definition) is 1. The van der Waals surface area contributed by atoms with Crippen molar-refractivity contribution >= 4 is 23.6 Å². The second-order valence-electron chi connectivity index (χ2n) is 5.90. The molecule has 1 amide bonds. The molecule has 0 spiro atoms. The van der Waals surface area contributed by atoms with Gasteiger partial charge in [-0.2, -0.15) is 4.68 Å². The number of nitrogens with one attached hydrogen (secondary N) is 1. The summed E-state index contributed by atoms with van der Waals surface area (Å²) in [7, 11) is 1.31. The quantitative estimate of drug-likeness (QED) is 0.553. The van der Waals surface area contributed by atoms with Gasteiger partial charge in [0.15, 0.2) is 0 Å². The van der Waals surface area contributed by atoms with Crippen LogP contribution in [0.2, 0.25) is 0 Å². The zero-order valence-electron chi connectivity index (χ0n) is 15.3. The highest BCUT2D eigenvalue weighted by Gasteiger charge is 2.26. The third kappa shape index (κ3) is 4.81. The summed E-state index contributed by atoms with van der Waals surface area (Å²) in [5.74, 6) is -0.642. The van der Waals surface area contributed by atoms with Gasteiger partial charge < -0.3 is 10.1 Å². The van der Waals surface area contributed by atoms with Crippen molar-refractivity contribution in [1.82, 2.24) is 25.5 Å². The summed E-state index contributed by atoms with van der Waals surface area (Å²) in [6.07, 6.45) is 0.749. The zero-order valence-corrected chi connectivity index (χ0v) is 16.1. The van der Waals surface area contributed by atoms with Crippen LogP contribution >= 0.6 is 11.8 Å². The van der Waals surface area contributed by atoms with Crippen LogP contribution in [0.5, 0.6) is 0 Å². The molecule has 0 saturated heterocycles. The number of amides is 1. The molecule has 0 aliphatic heterocycles. The second-order valence-corrected chi connectivity index (χ2v) is 6.84. The number of hydrogen-bond acceptors (Lipinski definition) is 7. The van der Waals surface area contributed by atoms with Crippen LogP contribution in [0.3, 0.4) is 0 Å². The Kier molecular flexibility index (Phi) is 7.14. The van der Waals surface area contributed by atoms with Crippen molar-refractivity contribution in [3.63, 3.8) is 0 Å². The lowest BCUT2D eigenvalue weighted by molar-refractivity contribution is -0.146. The zero-order chi connectivity index (χ0) is 19.1. The average Bonchev–Trinajstić information content (AvgIpc) is 3.11. The molecule has 0 bridgehead atoms. The first-order valence-corrected chi connectivity index (χ1v) is 9.30. The van der Waals surface area contributed by atoms with Crippen molar-refractivity contribution < 1.29 is 14.3 Å². The molecular formula is C17H23N5O3S. The van der Waals surface area contributed by atoms with Gasteiger partial charge in [-0.3, -0.25) is 4.79 Å². The smallest absolute Gasteiger partial charge is 0.328 e. The van der Waals surface area contributed by atoms with Gasteiger partial charge >= 0.3 is 5.97 Å². The topological polar surface area (TPSA) is 99.0 Å². The molecule has 0 radical (unpaired) electrons. The fourth-order valence-electron chi connectivity index (χ4n) is 2.36. The van der Waals surface area contributed by atoms with E-state index in [9.17, 15) is 9.59 Å². The molecule has 0 aliphatic rings. The van der Waals surface area contributed by atoms with Crippen LogP contribution in [0.15, 0.2) is 29.4 Å². The van der Waals surface area contributed by atoms with E-state index in [2.05, 4.69) is 20.8 Å². The number of rotatable bonds is 8. The number of ether oxygens (including phenoxy) is 1. The normalized spacial score (nSPS) is 13.1. The number of benzene rings is 1. The molecule has 26 heavy (non-hydrogen) atoms. The highest BCUT2D eigenvalue weighted by molar-refractivity contribution is 7.99. The van der Waals surface area contributed by atoms with E-state index in [1.165, 1.54) is 18.9 Å². The van der Waals surface area contributed by atoms with Crippen molar-refractivity contribution in [2.75, 3.05) is 12.9 Å². The van der Waals surface area contributed by atoms with E-state index in [1.54, 1.807) is 4.68 Å². The van der Waals surface area contributed by atoms with Crippen LogP contribution in [0.25, 0.3) is 5.69 Å². The van der Waals surface area contributed by atoms with Crippen LogP contribution in [0.1, 0.15) is 25.8 Å². The Morgan fingerprint density at radius 3 is 2.73 bits per heavy atom. The van der Waals surface area contributed by atoms with E-state index >= 15 is 0 Å². The predicted molar refractivity (Wildman–Crippen MR) is 98.0 cm³/mol. The first kappa shape index (κ1) is 19.9. The maximum atomic E-state index is 12.3. The van der Waals surface area contributed by atoms with Crippen molar-refractivity contribution in [3.8, 4) is 5.69 Å². The lowest BCUT2D eigenvalue weighted by Crippen LogP contribution is -2.46. The number of para-hydroxylation sites is 1. The third-order valence-electron chi connectivity index (χ3n) is 4.10. The van der Waals surface area contributed by atoms with Crippen LogP contribution in [0, 0.1) is 12.8 Å². The van der Waals surface area contributed by atoms with Crippen LogP contribution in [-0.4, -0.2) is 51.0 Å². The molecule has 2 rings (SSSR count). The molecule has 9 heteroatoms. The third-order valence-corrected chi connectivity index (χ3v) is 5.02. The number of aromatic nitrogens is 4. The highest BCUT2D eigenvalue weighted by atomic mass is 32.2. The van der Waals surface area contributed by atoms with E-state index in [4.69, 9.17) is 4.74 Å². The van der Waals surface area contributed by atoms with Crippen LogP contribution in [0.4, 0.5) is 0 Å². The molecule has 1 aromatic heterocycles. The minimum atomic E-state index is -0.662. The van der Waals surface area contributed by atoms with Gasteiger partial charge in [-0.25, -0.2) is 4.79 Å². The lowest BCUT2D eigenvalue weighted by atomic mass is 9.99. The molecule has 8 nitrogen and oxygen atoms in total. The van der Waals surface area contributed by atoms with E-state index in [0.29, 0.717) is 5.16 Å². The number of methoxy groups -OCH3 is 1. The molecule has 0 saturated carbocycles. The van der Waals surface area contributed by atoms with Crippen LogP contribution < -0.4 is 5.32 Å². The molecule has 1 heterocycles. The molecule has 2 atom stereocenters. The SMILES string of the molecule is CCC(C)C(NC(=O)CSc1nnnn1-c1ccccc1C)C(=O)OC. The number of carbonyl (C=O) groups is 2. The van der Waals surface area contributed by atoms with Gasteiger partial charge in [-0.05, 0) is 34.9 Å². The minimum absolute atomic E-state index is 0.0197. The molecule has 140 valence electrons. The number of carbonyl (C=O) groups excluding carboxylic acids is 2. The maximum absolute atomic E-state index is 12.3. The lowest BCUT2D eigenvalue weighted by Gasteiger charge is -2.21. The molecule has 1 aromatic carbocycles.